The zero-order valence-electron chi connectivity index (χ0n) is 8.29. The second-order valence-electron chi connectivity index (χ2n) is 4.01. The molecule has 0 atom stereocenters. The van der Waals surface area contributed by atoms with E-state index in [4.69, 9.17) is 0 Å². The SMILES string of the molecule is Cc1ncccc1C1CCCCC1. The Balaban J connectivity index is 2.18. The van der Waals surface area contributed by atoms with Crippen LogP contribution in [0.1, 0.15) is 49.3 Å². The summed E-state index contributed by atoms with van der Waals surface area (Å²) in [5, 5.41) is 0. The van der Waals surface area contributed by atoms with Crippen LogP contribution in [-0.4, -0.2) is 4.98 Å². The van der Waals surface area contributed by atoms with Crippen LogP contribution in [0.2, 0.25) is 0 Å². The van der Waals surface area contributed by atoms with Gasteiger partial charge >= 0.3 is 0 Å². The van der Waals surface area contributed by atoms with Crippen molar-refractivity contribution < 1.29 is 0 Å². The number of nitrogens with zero attached hydrogens (tertiary/aromatic N) is 1. The van der Waals surface area contributed by atoms with E-state index in [2.05, 4.69) is 24.0 Å². The van der Waals surface area contributed by atoms with Gasteiger partial charge in [0.2, 0.25) is 0 Å². The lowest BCUT2D eigenvalue weighted by atomic mass is 9.83. The van der Waals surface area contributed by atoms with Crippen molar-refractivity contribution in [2.45, 2.75) is 44.9 Å². The van der Waals surface area contributed by atoms with Gasteiger partial charge in [-0.1, -0.05) is 25.3 Å². The van der Waals surface area contributed by atoms with Gasteiger partial charge < -0.3 is 0 Å². The van der Waals surface area contributed by atoms with Gasteiger partial charge in [-0.2, -0.15) is 0 Å². The van der Waals surface area contributed by atoms with Gasteiger partial charge in [-0.3, -0.25) is 4.98 Å². The summed E-state index contributed by atoms with van der Waals surface area (Å²) in [6.45, 7) is 2.13. The van der Waals surface area contributed by atoms with Crippen molar-refractivity contribution in [1.29, 1.82) is 0 Å². The predicted molar refractivity (Wildman–Crippen MR) is 54.8 cm³/mol. The molecule has 0 aromatic carbocycles. The molecule has 1 nitrogen and oxygen atoms in total. The molecular formula is C12H17N. The maximum atomic E-state index is 4.35. The summed E-state index contributed by atoms with van der Waals surface area (Å²) in [5.74, 6) is 0.794. The van der Waals surface area contributed by atoms with Crippen LogP contribution in [0.5, 0.6) is 0 Å². The Kier molecular flexibility index (Phi) is 2.62. The Morgan fingerprint density at radius 3 is 2.69 bits per heavy atom. The largest absolute Gasteiger partial charge is 0.261 e. The summed E-state index contributed by atoms with van der Waals surface area (Å²) in [5.41, 5.74) is 2.72. The highest BCUT2D eigenvalue weighted by molar-refractivity contribution is 5.23. The maximum absolute atomic E-state index is 4.35. The van der Waals surface area contributed by atoms with E-state index in [0.29, 0.717) is 0 Å². The molecule has 70 valence electrons. The Morgan fingerprint density at radius 1 is 1.23 bits per heavy atom. The van der Waals surface area contributed by atoms with Crippen LogP contribution < -0.4 is 0 Å². The fourth-order valence-corrected chi connectivity index (χ4v) is 2.34. The summed E-state index contributed by atoms with van der Waals surface area (Å²) < 4.78 is 0. The third-order valence-electron chi connectivity index (χ3n) is 3.09. The van der Waals surface area contributed by atoms with Crippen molar-refractivity contribution in [2.24, 2.45) is 0 Å². The Hall–Kier alpha value is -0.850. The molecule has 1 saturated carbocycles. The zero-order valence-corrected chi connectivity index (χ0v) is 8.29. The van der Waals surface area contributed by atoms with Gasteiger partial charge in [0.05, 0.1) is 0 Å². The van der Waals surface area contributed by atoms with E-state index in [0.717, 1.165) is 5.92 Å². The molecule has 0 aliphatic heterocycles. The van der Waals surface area contributed by atoms with E-state index in [1.165, 1.54) is 43.4 Å². The molecule has 1 aromatic heterocycles. The zero-order chi connectivity index (χ0) is 9.10. The number of hydrogen-bond acceptors (Lipinski definition) is 1. The average Bonchev–Trinajstić information content (AvgIpc) is 2.20. The molecule has 1 heteroatoms. The minimum atomic E-state index is 0.794. The van der Waals surface area contributed by atoms with Gasteiger partial charge in [-0.15, -0.1) is 0 Å². The molecule has 0 radical (unpaired) electrons. The van der Waals surface area contributed by atoms with E-state index in [9.17, 15) is 0 Å². The predicted octanol–water partition coefficient (Wildman–Crippen LogP) is 3.44. The van der Waals surface area contributed by atoms with Crippen LogP contribution in [0.15, 0.2) is 18.3 Å². The van der Waals surface area contributed by atoms with Crippen LogP contribution in [0.25, 0.3) is 0 Å². The lowest BCUT2D eigenvalue weighted by Gasteiger charge is -2.22. The summed E-state index contributed by atoms with van der Waals surface area (Å²) in [6, 6.07) is 4.31. The monoisotopic (exact) mass is 175 g/mol. The molecule has 1 aliphatic rings. The second-order valence-corrected chi connectivity index (χ2v) is 4.01. The van der Waals surface area contributed by atoms with Crippen LogP contribution in [0.4, 0.5) is 0 Å². The Morgan fingerprint density at radius 2 is 2.00 bits per heavy atom. The topological polar surface area (TPSA) is 12.9 Å². The van der Waals surface area contributed by atoms with Gasteiger partial charge in [0.25, 0.3) is 0 Å². The van der Waals surface area contributed by atoms with Crippen molar-refractivity contribution >= 4 is 0 Å². The van der Waals surface area contributed by atoms with Crippen LogP contribution in [0.3, 0.4) is 0 Å². The van der Waals surface area contributed by atoms with E-state index in [-0.39, 0.29) is 0 Å². The highest BCUT2D eigenvalue weighted by atomic mass is 14.7. The summed E-state index contributed by atoms with van der Waals surface area (Å²) in [4.78, 5) is 4.35. The highest BCUT2D eigenvalue weighted by Crippen LogP contribution is 2.33. The normalized spacial score (nSPS) is 18.8. The van der Waals surface area contributed by atoms with Gasteiger partial charge in [0.1, 0.15) is 0 Å². The molecular weight excluding hydrogens is 158 g/mol. The highest BCUT2D eigenvalue weighted by Gasteiger charge is 2.16. The maximum Gasteiger partial charge on any atom is 0.0407 e. The van der Waals surface area contributed by atoms with Crippen molar-refractivity contribution in [3.63, 3.8) is 0 Å². The molecule has 1 aliphatic carbocycles. The summed E-state index contributed by atoms with van der Waals surface area (Å²) in [6.07, 6.45) is 8.86. The first-order valence-corrected chi connectivity index (χ1v) is 5.29. The Labute approximate surface area is 80.2 Å². The molecule has 1 aromatic rings. The molecule has 0 spiro atoms. The quantitative estimate of drug-likeness (QED) is 0.637. The minimum Gasteiger partial charge on any atom is -0.261 e. The average molecular weight is 175 g/mol. The van der Waals surface area contributed by atoms with Crippen molar-refractivity contribution in [3.05, 3.63) is 29.6 Å². The second kappa shape index (κ2) is 3.91. The number of aromatic nitrogens is 1. The smallest absolute Gasteiger partial charge is 0.0407 e. The van der Waals surface area contributed by atoms with Crippen molar-refractivity contribution in [1.82, 2.24) is 4.98 Å². The number of aryl methyl sites for hydroxylation is 1. The van der Waals surface area contributed by atoms with Crippen molar-refractivity contribution in [2.75, 3.05) is 0 Å². The van der Waals surface area contributed by atoms with E-state index >= 15 is 0 Å². The van der Waals surface area contributed by atoms with Crippen LogP contribution in [-0.2, 0) is 0 Å². The fourth-order valence-electron chi connectivity index (χ4n) is 2.34. The van der Waals surface area contributed by atoms with Crippen LogP contribution in [0, 0.1) is 6.92 Å². The number of rotatable bonds is 1. The summed E-state index contributed by atoms with van der Waals surface area (Å²) >= 11 is 0. The molecule has 0 amide bonds. The van der Waals surface area contributed by atoms with Crippen LogP contribution >= 0.6 is 0 Å². The molecule has 13 heavy (non-hydrogen) atoms. The van der Waals surface area contributed by atoms with Gasteiger partial charge in [-0.05, 0) is 37.3 Å². The van der Waals surface area contributed by atoms with Gasteiger partial charge in [-0.25, -0.2) is 0 Å². The lowest BCUT2D eigenvalue weighted by Crippen LogP contribution is -2.06. The third kappa shape index (κ3) is 1.90. The van der Waals surface area contributed by atoms with E-state index < -0.39 is 0 Å². The van der Waals surface area contributed by atoms with Gasteiger partial charge in [0, 0.05) is 11.9 Å². The molecule has 0 unspecified atom stereocenters. The molecule has 2 rings (SSSR count). The first kappa shape index (κ1) is 8.74. The standard InChI is InChI=1S/C12H17N/c1-10-12(8-5-9-13-10)11-6-3-2-4-7-11/h5,8-9,11H,2-4,6-7H2,1H3. The first-order valence-electron chi connectivity index (χ1n) is 5.29. The first-order chi connectivity index (χ1) is 6.38. The van der Waals surface area contributed by atoms with E-state index in [1.807, 2.05) is 6.20 Å². The van der Waals surface area contributed by atoms with E-state index in [1.54, 1.807) is 0 Å². The molecule has 1 fully saturated rings. The molecule has 0 saturated heterocycles. The molecule has 1 heterocycles. The van der Waals surface area contributed by atoms with Crippen molar-refractivity contribution in [3.8, 4) is 0 Å². The molecule has 0 N–H and O–H groups in total. The minimum absolute atomic E-state index is 0.794. The van der Waals surface area contributed by atoms with Gasteiger partial charge in [0.15, 0.2) is 0 Å². The lowest BCUT2D eigenvalue weighted by molar-refractivity contribution is 0.441. The number of hydrogen-bond donors (Lipinski definition) is 0. The molecule has 0 bridgehead atoms. The third-order valence-corrected chi connectivity index (χ3v) is 3.09. The Bertz CT molecular complexity index is 274. The number of pyridine rings is 1. The fraction of sp³-hybridized carbons (Fsp3) is 0.583. The summed E-state index contributed by atoms with van der Waals surface area (Å²) in [7, 11) is 0.